The summed E-state index contributed by atoms with van der Waals surface area (Å²) in [6.07, 6.45) is 0.830. The van der Waals surface area contributed by atoms with Crippen LogP contribution in [0.3, 0.4) is 0 Å². The molecular weight excluding hydrogens is 239 g/mol. The Morgan fingerprint density at radius 3 is 2.32 bits per heavy atom. The zero-order chi connectivity index (χ0) is 13.7. The van der Waals surface area contributed by atoms with Gasteiger partial charge in [0.25, 0.3) is 0 Å². The fourth-order valence-electron chi connectivity index (χ4n) is 2.02. The molecule has 0 saturated heterocycles. The minimum atomic E-state index is -0.225. The van der Waals surface area contributed by atoms with Crippen molar-refractivity contribution in [3.63, 3.8) is 0 Å². The normalized spacial score (nSPS) is 12.2. The van der Waals surface area contributed by atoms with Crippen LogP contribution >= 0.6 is 0 Å². The molecule has 2 aromatic rings. The molecule has 0 spiro atoms. The van der Waals surface area contributed by atoms with E-state index in [-0.39, 0.29) is 11.9 Å². The second kappa shape index (κ2) is 6.34. The van der Waals surface area contributed by atoms with Crippen molar-refractivity contribution in [1.82, 2.24) is 0 Å². The van der Waals surface area contributed by atoms with E-state index in [2.05, 4.69) is 17.0 Å². The molecule has 0 bridgehead atoms. The van der Waals surface area contributed by atoms with E-state index in [9.17, 15) is 4.39 Å². The van der Waals surface area contributed by atoms with Gasteiger partial charge < -0.3 is 10.6 Å². The molecule has 100 valence electrons. The summed E-state index contributed by atoms with van der Waals surface area (Å²) in [5.41, 5.74) is 8.27. The zero-order valence-corrected chi connectivity index (χ0v) is 11.1. The topological polar surface area (TPSA) is 29.3 Å². The van der Waals surface area contributed by atoms with Crippen molar-refractivity contribution < 1.29 is 4.39 Å². The van der Waals surface area contributed by atoms with Gasteiger partial charge in [-0.15, -0.1) is 0 Å². The van der Waals surface area contributed by atoms with Gasteiger partial charge in [0.05, 0.1) is 0 Å². The quantitative estimate of drug-likeness (QED) is 0.891. The molecule has 0 aromatic heterocycles. The maximum absolute atomic E-state index is 12.8. The fraction of sp³-hybridized carbons (Fsp3) is 0.250. The molecule has 2 nitrogen and oxygen atoms in total. The Bertz CT molecular complexity index is 496. The maximum atomic E-state index is 12.8. The second-order valence-corrected chi connectivity index (χ2v) is 4.70. The number of hydrogen-bond donors (Lipinski definition) is 1. The number of rotatable bonds is 5. The lowest BCUT2D eigenvalue weighted by Crippen LogP contribution is -2.23. The molecule has 0 fully saturated rings. The Labute approximate surface area is 113 Å². The van der Waals surface area contributed by atoms with Gasteiger partial charge in [0.1, 0.15) is 5.82 Å². The van der Waals surface area contributed by atoms with E-state index in [1.807, 2.05) is 25.2 Å². The molecule has 1 atom stereocenters. The molecule has 0 aliphatic heterocycles. The Kier molecular flexibility index (Phi) is 4.53. The minimum absolute atomic E-state index is 0.0632. The van der Waals surface area contributed by atoms with Gasteiger partial charge in [-0.2, -0.15) is 0 Å². The SMILES string of the molecule is CN(CCC(N)c1ccc(F)cc1)c1ccccc1. The van der Waals surface area contributed by atoms with Crippen molar-refractivity contribution in [2.24, 2.45) is 5.73 Å². The summed E-state index contributed by atoms with van der Waals surface area (Å²) in [7, 11) is 2.05. The molecule has 0 radical (unpaired) electrons. The number of anilines is 1. The van der Waals surface area contributed by atoms with Crippen molar-refractivity contribution in [3.05, 3.63) is 66.0 Å². The molecule has 0 aliphatic carbocycles. The first-order chi connectivity index (χ1) is 9.16. The Balaban J connectivity index is 1.90. The summed E-state index contributed by atoms with van der Waals surface area (Å²) < 4.78 is 12.8. The van der Waals surface area contributed by atoms with Crippen LogP contribution in [0.5, 0.6) is 0 Å². The summed E-state index contributed by atoms with van der Waals surface area (Å²) in [5, 5.41) is 0. The van der Waals surface area contributed by atoms with E-state index in [0.717, 1.165) is 18.5 Å². The van der Waals surface area contributed by atoms with Gasteiger partial charge in [-0.25, -0.2) is 4.39 Å². The molecule has 2 aromatic carbocycles. The van der Waals surface area contributed by atoms with Crippen LogP contribution in [-0.4, -0.2) is 13.6 Å². The monoisotopic (exact) mass is 258 g/mol. The summed E-state index contributed by atoms with van der Waals surface area (Å²) in [5.74, 6) is -0.225. The van der Waals surface area contributed by atoms with Crippen molar-refractivity contribution >= 4 is 5.69 Å². The Morgan fingerprint density at radius 1 is 1.05 bits per heavy atom. The van der Waals surface area contributed by atoms with E-state index in [0.29, 0.717) is 0 Å². The van der Waals surface area contributed by atoms with E-state index >= 15 is 0 Å². The third-order valence-corrected chi connectivity index (χ3v) is 3.27. The Hall–Kier alpha value is -1.87. The number of nitrogens with two attached hydrogens (primary N) is 1. The van der Waals surface area contributed by atoms with Gasteiger partial charge in [-0.1, -0.05) is 30.3 Å². The van der Waals surface area contributed by atoms with Crippen LogP contribution in [0.15, 0.2) is 54.6 Å². The van der Waals surface area contributed by atoms with E-state index in [1.54, 1.807) is 12.1 Å². The predicted molar refractivity (Wildman–Crippen MR) is 77.7 cm³/mol. The van der Waals surface area contributed by atoms with E-state index in [4.69, 9.17) is 5.73 Å². The number of halogens is 1. The second-order valence-electron chi connectivity index (χ2n) is 4.70. The number of nitrogens with zero attached hydrogens (tertiary/aromatic N) is 1. The lowest BCUT2D eigenvalue weighted by molar-refractivity contribution is 0.618. The summed E-state index contributed by atoms with van der Waals surface area (Å²) in [6.45, 7) is 0.864. The van der Waals surface area contributed by atoms with Gasteiger partial charge in [-0.05, 0) is 36.2 Å². The van der Waals surface area contributed by atoms with Gasteiger partial charge in [-0.3, -0.25) is 0 Å². The molecule has 0 saturated carbocycles. The van der Waals surface area contributed by atoms with Gasteiger partial charge in [0.2, 0.25) is 0 Å². The lowest BCUT2D eigenvalue weighted by Gasteiger charge is -2.21. The van der Waals surface area contributed by atoms with E-state index in [1.165, 1.54) is 17.8 Å². The lowest BCUT2D eigenvalue weighted by atomic mass is 10.0. The van der Waals surface area contributed by atoms with E-state index < -0.39 is 0 Å². The fourth-order valence-corrected chi connectivity index (χ4v) is 2.02. The van der Waals surface area contributed by atoms with Crippen LogP contribution in [0.1, 0.15) is 18.0 Å². The minimum Gasteiger partial charge on any atom is -0.375 e. The molecule has 2 rings (SSSR count). The highest BCUT2D eigenvalue weighted by Crippen LogP contribution is 2.17. The first-order valence-corrected chi connectivity index (χ1v) is 6.44. The van der Waals surface area contributed by atoms with Crippen LogP contribution < -0.4 is 10.6 Å². The average molecular weight is 258 g/mol. The van der Waals surface area contributed by atoms with Gasteiger partial charge >= 0.3 is 0 Å². The van der Waals surface area contributed by atoms with Crippen LogP contribution in [-0.2, 0) is 0 Å². The van der Waals surface area contributed by atoms with Crippen LogP contribution in [0.4, 0.5) is 10.1 Å². The van der Waals surface area contributed by atoms with Gasteiger partial charge in [0.15, 0.2) is 0 Å². The zero-order valence-electron chi connectivity index (χ0n) is 11.1. The molecule has 2 N–H and O–H groups in total. The van der Waals surface area contributed by atoms with Crippen LogP contribution in [0, 0.1) is 5.82 Å². The average Bonchev–Trinajstić information content (AvgIpc) is 2.46. The van der Waals surface area contributed by atoms with Crippen molar-refractivity contribution in [3.8, 4) is 0 Å². The largest absolute Gasteiger partial charge is 0.375 e. The standard InChI is InChI=1S/C16H19FN2/c1-19(15-5-3-2-4-6-15)12-11-16(18)13-7-9-14(17)10-8-13/h2-10,16H,11-12,18H2,1H3. The van der Waals surface area contributed by atoms with Crippen LogP contribution in [0.25, 0.3) is 0 Å². The third kappa shape index (κ3) is 3.80. The number of para-hydroxylation sites is 1. The Morgan fingerprint density at radius 2 is 1.68 bits per heavy atom. The number of hydrogen-bond acceptors (Lipinski definition) is 2. The number of benzene rings is 2. The molecule has 3 heteroatoms. The molecule has 0 aliphatic rings. The van der Waals surface area contributed by atoms with Crippen molar-refractivity contribution in [2.75, 3.05) is 18.5 Å². The third-order valence-electron chi connectivity index (χ3n) is 3.27. The highest BCUT2D eigenvalue weighted by molar-refractivity contribution is 5.44. The van der Waals surface area contributed by atoms with Gasteiger partial charge in [0, 0.05) is 25.3 Å². The van der Waals surface area contributed by atoms with Crippen LogP contribution in [0.2, 0.25) is 0 Å². The summed E-state index contributed by atoms with van der Waals surface area (Å²) in [4.78, 5) is 2.17. The first-order valence-electron chi connectivity index (χ1n) is 6.44. The smallest absolute Gasteiger partial charge is 0.123 e. The maximum Gasteiger partial charge on any atom is 0.123 e. The predicted octanol–water partition coefficient (Wildman–Crippen LogP) is 3.35. The van der Waals surface area contributed by atoms with Crippen molar-refractivity contribution in [1.29, 1.82) is 0 Å². The molecule has 19 heavy (non-hydrogen) atoms. The first kappa shape index (κ1) is 13.6. The highest BCUT2D eigenvalue weighted by atomic mass is 19.1. The van der Waals surface area contributed by atoms with Crippen molar-refractivity contribution in [2.45, 2.75) is 12.5 Å². The summed E-state index contributed by atoms with van der Waals surface area (Å²) >= 11 is 0. The highest BCUT2D eigenvalue weighted by Gasteiger charge is 2.08. The summed E-state index contributed by atoms with van der Waals surface area (Å²) in [6, 6.07) is 16.5. The molecule has 0 heterocycles. The molecule has 0 amide bonds. The molecule has 1 unspecified atom stereocenters. The molecular formula is C16H19FN2.